The van der Waals surface area contributed by atoms with E-state index in [4.69, 9.17) is 11.6 Å². The zero-order valence-electron chi connectivity index (χ0n) is 6.96. The van der Waals surface area contributed by atoms with Crippen LogP contribution < -0.4 is 9.47 Å². The molecule has 0 amide bonds. The van der Waals surface area contributed by atoms with Gasteiger partial charge in [0.1, 0.15) is 0 Å². The van der Waals surface area contributed by atoms with E-state index in [1.165, 1.54) is 12.1 Å². The first kappa shape index (κ1) is 10.3. The molecule has 1 heterocycles. The molecule has 0 saturated heterocycles. The van der Waals surface area contributed by atoms with Crippen LogP contribution in [0.4, 0.5) is 14.5 Å². The minimum absolute atomic E-state index is 0.131. The predicted molar refractivity (Wildman–Crippen MR) is 52.3 cm³/mol. The van der Waals surface area contributed by atoms with E-state index in [1.54, 1.807) is 0 Å². The number of ether oxygens (including phenoxy) is 2. The van der Waals surface area contributed by atoms with Crippen molar-refractivity contribution < 1.29 is 18.3 Å². The number of hydrogen-bond acceptors (Lipinski definition) is 4. The van der Waals surface area contributed by atoms with Crippen molar-refractivity contribution in [1.29, 1.82) is 0 Å². The van der Waals surface area contributed by atoms with Gasteiger partial charge in [-0.2, -0.15) is 4.99 Å². The Morgan fingerprint density at radius 2 is 1.93 bits per heavy atom. The number of thiocarbonyl (C=S) groups is 1. The number of fused-ring (bicyclic) bond motifs is 1. The maximum atomic E-state index is 12.6. The standard InChI is InChI=1S/C8H2ClF2NO2S/c9-4-1-6-7(2-5(4)12-3-15)14-8(10,11)13-6/h1-2H. The topological polar surface area (TPSA) is 30.8 Å². The fraction of sp³-hybridized carbons (Fsp3) is 0.125. The SMILES string of the molecule is FC1(F)Oc2cc(Cl)c(N=C=S)cc2O1. The second-order valence-corrected chi connectivity index (χ2v) is 3.21. The molecule has 0 saturated carbocycles. The highest BCUT2D eigenvalue weighted by Crippen LogP contribution is 2.45. The fourth-order valence-corrected chi connectivity index (χ4v) is 1.39. The Kier molecular flexibility index (Phi) is 2.34. The second-order valence-electron chi connectivity index (χ2n) is 2.62. The molecular weight excluding hydrogens is 248 g/mol. The highest BCUT2D eigenvalue weighted by atomic mass is 35.5. The molecule has 0 spiro atoms. The van der Waals surface area contributed by atoms with Crippen LogP contribution in [-0.2, 0) is 0 Å². The van der Waals surface area contributed by atoms with Crippen molar-refractivity contribution in [2.24, 2.45) is 4.99 Å². The van der Waals surface area contributed by atoms with Crippen LogP contribution in [0.5, 0.6) is 11.5 Å². The van der Waals surface area contributed by atoms with Crippen molar-refractivity contribution in [2.75, 3.05) is 0 Å². The summed E-state index contributed by atoms with van der Waals surface area (Å²) in [6.07, 6.45) is -3.66. The van der Waals surface area contributed by atoms with E-state index in [-0.39, 0.29) is 22.2 Å². The van der Waals surface area contributed by atoms with Crippen molar-refractivity contribution in [1.82, 2.24) is 0 Å². The largest absolute Gasteiger partial charge is 0.586 e. The van der Waals surface area contributed by atoms with Crippen LogP contribution in [0.1, 0.15) is 0 Å². The molecule has 0 atom stereocenters. The third kappa shape index (κ3) is 1.92. The third-order valence-corrected chi connectivity index (χ3v) is 2.03. The van der Waals surface area contributed by atoms with Crippen molar-refractivity contribution in [2.45, 2.75) is 6.29 Å². The highest BCUT2D eigenvalue weighted by Gasteiger charge is 2.43. The molecule has 1 aliphatic rings. The Labute approximate surface area is 93.3 Å². The number of alkyl halides is 2. The van der Waals surface area contributed by atoms with Crippen LogP contribution in [0.25, 0.3) is 0 Å². The fourth-order valence-electron chi connectivity index (χ4n) is 1.10. The summed E-state index contributed by atoms with van der Waals surface area (Å²) in [5, 5.41) is 2.21. The second kappa shape index (κ2) is 3.41. The first-order chi connectivity index (χ1) is 7.02. The molecule has 7 heteroatoms. The Morgan fingerprint density at radius 3 is 2.53 bits per heavy atom. The number of hydrogen-bond donors (Lipinski definition) is 0. The number of rotatable bonds is 1. The molecule has 0 bridgehead atoms. The third-order valence-electron chi connectivity index (χ3n) is 1.64. The van der Waals surface area contributed by atoms with Gasteiger partial charge in [0.2, 0.25) is 0 Å². The average Bonchev–Trinajstić information content (AvgIpc) is 2.39. The summed E-state index contributed by atoms with van der Waals surface area (Å²) < 4.78 is 33.6. The quantitative estimate of drug-likeness (QED) is 0.565. The summed E-state index contributed by atoms with van der Waals surface area (Å²) >= 11 is 10.1. The van der Waals surface area contributed by atoms with Crippen LogP contribution in [0.3, 0.4) is 0 Å². The minimum Gasteiger partial charge on any atom is -0.395 e. The van der Waals surface area contributed by atoms with Crippen molar-refractivity contribution in [3.63, 3.8) is 0 Å². The van der Waals surface area contributed by atoms with Gasteiger partial charge in [0.15, 0.2) is 11.5 Å². The van der Waals surface area contributed by atoms with E-state index in [2.05, 4.69) is 31.8 Å². The Balaban J connectivity index is 2.49. The number of benzene rings is 1. The lowest BCUT2D eigenvalue weighted by Crippen LogP contribution is -2.25. The lowest BCUT2D eigenvalue weighted by molar-refractivity contribution is -0.286. The Morgan fingerprint density at radius 1 is 1.33 bits per heavy atom. The lowest BCUT2D eigenvalue weighted by atomic mass is 10.3. The Bertz CT molecular complexity index is 474. The van der Waals surface area contributed by atoms with E-state index in [1.807, 2.05) is 0 Å². The van der Waals surface area contributed by atoms with E-state index in [0.29, 0.717) is 0 Å². The van der Waals surface area contributed by atoms with Gasteiger partial charge in [0, 0.05) is 12.1 Å². The molecule has 78 valence electrons. The average molecular weight is 250 g/mol. The predicted octanol–water partition coefficient (Wildman–Crippen LogP) is 3.40. The van der Waals surface area contributed by atoms with Gasteiger partial charge in [-0.1, -0.05) is 11.6 Å². The highest BCUT2D eigenvalue weighted by molar-refractivity contribution is 7.78. The molecule has 0 aromatic heterocycles. The first-order valence-electron chi connectivity index (χ1n) is 3.69. The summed E-state index contributed by atoms with van der Waals surface area (Å²) in [4.78, 5) is 3.58. The molecule has 1 aliphatic heterocycles. The van der Waals surface area contributed by atoms with Crippen molar-refractivity contribution >= 4 is 34.7 Å². The summed E-state index contributed by atoms with van der Waals surface area (Å²) in [6.45, 7) is 0. The zero-order valence-corrected chi connectivity index (χ0v) is 8.53. The van der Waals surface area contributed by atoms with Gasteiger partial charge in [-0.3, -0.25) is 0 Å². The van der Waals surface area contributed by atoms with E-state index in [9.17, 15) is 8.78 Å². The van der Waals surface area contributed by atoms with Gasteiger partial charge in [0.25, 0.3) is 0 Å². The molecule has 2 rings (SSSR count). The summed E-state index contributed by atoms with van der Waals surface area (Å²) in [5.74, 6) is -0.262. The number of halogens is 3. The molecule has 0 N–H and O–H groups in total. The van der Waals surface area contributed by atoms with Gasteiger partial charge in [0.05, 0.1) is 15.9 Å². The van der Waals surface area contributed by atoms with Gasteiger partial charge in [-0.05, 0) is 12.2 Å². The molecular formula is C8H2ClF2NO2S. The van der Waals surface area contributed by atoms with E-state index >= 15 is 0 Å². The first-order valence-corrected chi connectivity index (χ1v) is 4.48. The minimum atomic E-state index is -3.66. The molecule has 15 heavy (non-hydrogen) atoms. The van der Waals surface area contributed by atoms with Gasteiger partial charge >= 0.3 is 6.29 Å². The van der Waals surface area contributed by atoms with Crippen LogP contribution in [-0.4, -0.2) is 11.5 Å². The van der Waals surface area contributed by atoms with Gasteiger partial charge < -0.3 is 9.47 Å². The van der Waals surface area contributed by atoms with Crippen LogP contribution >= 0.6 is 23.8 Å². The smallest absolute Gasteiger partial charge is 0.395 e. The zero-order chi connectivity index (χ0) is 11.1. The monoisotopic (exact) mass is 249 g/mol. The maximum absolute atomic E-state index is 12.6. The number of nitrogens with zero attached hydrogens (tertiary/aromatic N) is 1. The van der Waals surface area contributed by atoms with Crippen LogP contribution in [0.15, 0.2) is 17.1 Å². The molecule has 0 radical (unpaired) electrons. The summed E-state index contributed by atoms with van der Waals surface area (Å²) in [5.41, 5.74) is 0.201. The van der Waals surface area contributed by atoms with Crippen LogP contribution in [0.2, 0.25) is 5.02 Å². The lowest BCUT2D eigenvalue weighted by Gasteiger charge is -2.04. The Hall–Kier alpha value is -1.23. The van der Waals surface area contributed by atoms with E-state index < -0.39 is 6.29 Å². The van der Waals surface area contributed by atoms with Crippen molar-refractivity contribution in [3.8, 4) is 11.5 Å². The van der Waals surface area contributed by atoms with Crippen molar-refractivity contribution in [3.05, 3.63) is 17.2 Å². The van der Waals surface area contributed by atoms with Gasteiger partial charge in [-0.25, -0.2) is 0 Å². The number of aliphatic imine (C=N–C) groups is 1. The van der Waals surface area contributed by atoms with Gasteiger partial charge in [-0.15, -0.1) is 8.78 Å². The maximum Gasteiger partial charge on any atom is 0.586 e. The normalized spacial score (nSPS) is 15.9. The summed E-state index contributed by atoms with van der Waals surface area (Å²) in [6, 6.07) is 2.39. The van der Waals surface area contributed by atoms with E-state index in [0.717, 1.165) is 0 Å². The molecule has 0 fully saturated rings. The summed E-state index contributed by atoms with van der Waals surface area (Å²) in [7, 11) is 0. The molecule has 1 aromatic carbocycles. The molecule has 1 aromatic rings. The number of isothiocyanates is 1. The molecule has 0 aliphatic carbocycles. The molecule has 0 unspecified atom stereocenters. The van der Waals surface area contributed by atoms with Crippen LogP contribution in [0, 0.1) is 0 Å². The molecule has 3 nitrogen and oxygen atoms in total.